The first kappa shape index (κ1) is 21.5. The Balaban J connectivity index is 1.47. The zero-order chi connectivity index (χ0) is 23.0. The van der Waals surface area contributed by atoms with Crippen LogP contribution in [0.1, 0.15) is 25.5 Å². The van der Waals surface area contributed by atoms with Crippen LogP contribution in [-0.4, -0.2) is 12.6 Å². The van der Waals surface area contributed by atoms with Gasteiger partial charge in [0.2, 0.25) is 0 Å². The molecule has 0 radical (unpaired) electrons. The van der Waals surface area contributed by atoms with E-state index in [1.54, 1.807) is 0 Å². The number of rotatable bonds is 5. The number of aromatic nitrogens is 1. The first-order valence-corrected chi connectivity index (χ1v) is 14.9. The summed E-state index contributed by atoms with van der Waals surface area (Å²) in [5.41, 5.74) is 8.84. The smallest absolute Gasteiger partial charge is 0.104 e. The van der Waals surface area contributed by atoms with Gasteiger partial charge in [0.1, 0.15) is 8.07 Å². The van der Waals surface area contributed by atoms with Crippen molar-refractivity contribution >= 4 is 41.1 Å². The maximum Gasteiger partial charge on any atom is 0.104 e. The second kappa shape index (κ2) is 8.53. The highest BCUT2D eigenvalue weighted by Crippen LogP contribution is 2.34. The van der Waals surface area contributed by atoms with Gasteiger partial charge in [-0.05, 0) is 48.7 Å². The molecule has 2 heteroatoms. The van der Waals surface area contributed by atoms with Gasteiger partial charge >= 0.3 is 0 Å². The molecule has 5 aromatic rings. The number of nitrogens with zero attached hydrogens (tertiary/aromatic N) is 1. The van der Waals surface area contributed by atoms with Crippen molar-refractivity contribution in [2.75, 3.05) is 0 Å². The van der Waals surface area contributed by atoms with Gasteiger partial charge in [0.25, 0.3) is 0 Å². The molecule has 1 nitrogen and oxygen atoms in total. The molecule has 33 heavy (non-hydrogen) atoms. The second-order valence-electron chi connectivity index (χ2n) is 9.76. The Morgan fingerprint density at radius 2 is 1.30 bits per heavy atom. The maximum absolute atomic E-state index is 2.45. The summed E-state index contributed by atoms with van der Waals surface area (Å²) >= 11 is 0. The summed E-state index contributed by atoms with van der Waals surface area (Å²) in [6.07, 6.45) is 2.29. The van der Waals surface area contributed by atoms with Crippen molar-refractivity contribution < 1.29 is 0 Å². The largest absolute Gasteiger partial charge is 0.338 e. The summed E-state index contributed by atoms with van der Waals surface area (Å²) in [4.78, 5) is 0. The Morgan fingerprint density at radius 1 is 0.667 bits per heavy atom. The van der Waals surface area contributed by atoms with E-state index in [0.29, 0.717) is 6.04 Å². The van der Waals surface area contributed by atoms with Crippen LogP contribution in [0.4, 0.5) is 0 Å². The molecule has 1 aromatic heterocycles. The average molecular weight is 446 g/mol. The molecule has 0 fully saturated rings. The maximum atomic E-state index is 2.45. The fourth-order valence-electron chi connectivity index (χ4n) is 4.79. The van der Waals surface area contributed by atoms with Crippen LogP contribution in [0, 0.1) is 0 Å². The summed E-state index contributed by atoms with van der Waals surface area (Å²) in [5.74, 6) is 0. The van der Waals surface area contributed by atoms with Crippen LogP contribution in [0.15, 0.2) is 103 Å². The quantitative estimate of drug-likeness (QED) is 0.240. The second-order valence-corrected chi connectivity index (χ2v) is 14.1. The van der Waals surface area contributed by atoms with Crippen molar-refractivity contribution in [3.63, 3.8) is 0 Å². The predicted octanol–water partition coefficient (Wildman–Crippen LogP) is 8.21. The molecule has 0 amide bonds. The number of benzene rings is 4. The van der Waals surface area contributed by atoms with Crippen molar-refractivity contribution in [2.24, 2.45) is 0 Å². The third-order valence-corrected chi connectivity index (χ3v) is 9.50. The van der Waals surface area contributed by atoms with Crippen molar-refractivity contribution in [2.45, 2.75) is 33.0 Å². The van der Waals surface area contributed by atoms with Gasteiger partial charge in [-0.2, -0.15) is 0 Å². The van der Waals surface area contributed by atoms with Gasteiger partial charge < -0.3 is 4.57 Å². The van der Waals surface area contributed by atoms with E-state index in [9.17, 15) is 0 Å². The lowest BCUT2D eigenvalue weighted by Gasteiger charge is -2.18. The van der Waals surface area contributed by atoms with Gasteiger partial charge in [-0.25, -0.2) is 0 Å². The van der Waals surface area contributed by atoms with Crippen LogP contribution in [0.2, 0.25) is 13.1 Å². The lowest BCUT2D eigenvalue weighted by atomic mass is 10.0. The monoisotopic (exact) mass is 445 g/mol. The zero-order valence-electron chi connectivity index (χ0n) is 19.9. The first-order chi connectivity index (χ1) is 15.9. The molecule has 0 saturated heterocycles. The first-order valence-electron chi connectivity index (χ1n) is 11.8. The fraction of sp³-hybridized carbons (Fsp3) is 0.161. The minimum absolute atomic E-state index is 0.424. The van der Waals surface area contributed by atoms with Gasteiger partial charge in [-0.3, -0.25) is 0 Å². The topological polar surface area (TPSA) is 4.93 Å². The molecule has 0 unspecified atom stereocenters. The van der Waals surface area contributed by atoms with E-state index < -0.39 is 8.07 Å². The zero-order valence-corrected chi connectivity index (χ0v) is 20.9. The van der Waals surface area contributed by atoms with E-state index in [2.05, 4.69) is 140 Å². The molecule has 0 N–H and O–H groups in total. The highest BCUT2D eigenvalue weighted by molar-refractivity contribution is 6.94. The molecule has 164 valence electrons. The van der Waals surface area contributed by atoms with E-state index in [0.717, 1.165) is 0 Å². The molecule has 0 aliphatic carbocycles. The highest BCUT2D eigenvalue weighted by atomic mass is 28.3. The van der Waals surface area contributed by atoms with Crippen molar-refractivity contribution in [3.05, 3.63) is 108 Å². The third kappa shape index (κ3) is 4.07. The Bertz CT molecular complexity index is 1440. The Morgan fingerprint density at radius 3 is 2.03 bits per heavy atom. The number of fused-ring (bicyclic) bond motifs is 3. The van der Waals surface area contributed by atoms with Crippen molar-refractivity contribution in [1.29, 1.82) is 0 Å². The molecular weight excluding hydrogens is 414 g/mol. The number of para-hydroxylation sites is 1. The van der Waals surface area contributed by atoms with Gasteiger partial charge in [0.15, 0.2) is 0 Å². The third-order valence-electron chi connectivity index (χ3n) is 6.68. The highest BCUT2D eigenvalue weighted by Gasteiger charge is 2.19. The Kier molecular flexibility index (Phi) is 5.55. The molecule has 5 rings (SSSR count). The van der Waals surface area contributed by atoms with Crippen LogP contribution in [0.3, 0.4) is 0 Å². The summed E-state index contributed by atoms with van der Waals surface area (Å²) in [7, 11) is -1.59. The summed E-state index contributed by atoms with van der Waals surface area (Å²) < 4.78 is 2.45. The SMILES string of the molecule is CC(C)n1c2ccccc2c2cc(-c3ccc(/C=C/[Si](C)(C)c4ccccc4)cc3)ccc21. The minimum Gasteiger partial charge on any atom is -0.338 e. The molecule has 0 aliphatic rings. The van der Waals surface area contributed by atoms with Crippen LogP contribution in [0.5, 0.6) is 0 Å². The van der Waals surface area contributed by atoms with E-state index >= 15 is 0 Å². The van der Waals surface area contributed by atoms with Gasteiger partial charge in [-0.1, -0.05) is 109 Å². The van der Waals surface area contributed by atoms with Crippen LogP contribution >= 0.6 is 0 Å². The Hall–Kier alpha value is -3.36. The van der Waals surface area contributed by atoms with Crippen LogP contribution in [0.25, 0.3) is 39.0 Å². The Labute approximate surface area is 198 Å². The predicted molar refractivity (Wildman–Crippen MR) is 148 cm³/mol. The molecular formula is C31H31NSi. The lowest BCUT2D eigenvalue weighted by Crippen LogP contribution is -2.39. The molecule has 0 bridgehead atoms. The molecule has 0 atom stereocenters. The van der Waals surface area contributed by atoms with Crippen molar-refractivity contribution in [3.8, 4) is 11.1 Å². The molecule has 0 aliphatic heterocycles. The van der Waals surface area contributed by atoms with Gasteiger partial charge in [-0.15, -0.1) is 0 Å². The average Bonchev–Trinajstić information content (AvgIpc) is 3.18. The molecule has 1 heterocycles. The van der Waals surface area contributed by atoms with Gasteiger partial charge in [0.05, 0.1) is 0 Å². The van der Waals surface area contributed by atoms with Crippen molar-refractivity contribution in [1.82, 2.24) is 4.57 Å². The standard InChI is InChI=1S/C31H31NSi/c1-23(2)32-30-13-9-8-12-28(30)29-22-26(18-19-31(29)32)25-16-14-24(15-17-25)20-21-33(3,4)27-10-6-5-7-11-27/h5-23H,1-4H3/b21-20+. The number of hydrogen-bond acceptors (Lipinski definition) is 0. The minimum atomic E-state index is -1.59. The lowest BCUT2D eigenvalue weighted by molar-refractivity contribution is 0.642. The van der Waals surface area contributed by atoms with Gasteiger partial charge in [0, 0.05) is 27.8 Å². The molecule has 4 aromatic carbocycles. The molecule has 0 saturated carbocycles. The number of hydrogen-bond donors (Lipinski definition) is 0. The van der Waals surface area contributed by atoms with E-state index in [1.165, 1.54) is 43.7 Å². The normalized spacial score (nSPS) is 12.4. The van der Waals surface area contributed by atoms with E-state index in [1.807, 2.05) is 0 Å². The van der Waals surface area contributed by atoms with Crippen LogP contribution < -0.4 is 5.19 Å². The summed E-state index contributed by atoms with van der Waals surface area (Å²) in [6.45, 7) is 9.31. The van der Waals surface area contributed by atoms with Crippen LogP contribution in [-0.2, 0) is 0 Å². The fourth-order valence-corrected chi connectivity index (χ4v) is 6.65. The summed E-state index contributed by atoms with van der Waals surface area (Å²) in [5, 5.41) is 4.12. The molecule has 0 spiro atoms. The van der Waals surface area contributed by atoms with E-state index in [-0.39, 0.29) is 0 Å². The van der Waals surface area contributed by atoms with E-state index in [4.69, 9.17) is 0 Å². The summed E-state index contributed by atoms with van der Waals surface area (Å²) in [6, 6.07) is 35.9.